The van der Waals surface area contributed by atoms with Gasteiger partial charge < -0.3 is 20.1 Å². The van der Waals surface area contributed by atoms with Crippen LogP contribution in [-0.4, -0.2) is 60.8 Å². The zero-order chi connectivity index (χ0) is 15.1. The number of rotatable bonds is 6. The van der Waals surface area contributed by atoms with Gasteiger partial charge in [0.2, 0.25) is 5.91 Å². The molecule has 2 fully saturated rings. The summed E-state index contributed by atoms with van der Waals surface area (Å²) in [7, 11) is 0. The molecule has 2 aliphatic heterocycles. The van der Waals surface area contributed by atoms with Crippen molar-refractivity contribution in [3.05, 3.63) is 0 Å². The van der Waals surface area contributed by atoms with Gasteiger partial charge >= 0.3 is 5.97 Å². The maximum absolute atomic E-state index is 12.2. The standard InChI is InChI=1S/C15H26N2O4/c18-14(4-3-12-2-1-7-16-10-12)17-8-5-13(6-9-17)21-11-15(19)20/h12-13,16H,1-11H2,(H,19,20). The van der Waals surface area contributed by atoms with Crippen LogP contribution in [-0.2, 0) is 14.3 Å². The quantitative estimate of drug-likeness (QED) is 0.760. The van der Waals surface area contributed by atoms with E-state index in [2.05, 4.69) is 5.32 Å². The zero-order valence-corrected chi connectivity index (χ0v) is 12.6. The van der Waals surface area contributed by atoms with E-state index in [1.807, 2.05) is 4.90 Å². The van der Waals surface area contributed by atoms with Gasteiger partial charge in [-0.15, -0.1) is 0 Å². The first-order chi connectivity index (χ1) is 10.1. The molecule has 0 radical (unpaired) electrons. The number of hydrogen-bond acceptors (Lipinski definition) is 4. The smallest absolute Gasteiger partial charge is 0.329 e. The van der Waals surface area contributed by atoms with E-state index in [4.69, 9.17) is 9.84 Å². The van der Waals surface area contributed by atoms with Crippen LogP contribution in [0.4, 0.5) is 0 Å². The number of carbonyl (C=O) groups is 2. The highest BCUT2D eigenvalue weighted by Crippen LogP contribution is 2.19. The summed E-state index contributed by atoms with van der Waals surface area (Å²) < 4.78 is 5.28. The van der Waals surface area contributed by atoms with Crippen LogP contribution in [0, 0.1) is 5.92 Å². The lowest BCUT2D eigenvalue weighted by atomic mass is 9.94. The topological polar surface area (TPSA) is 78.9 Å². The molecule has 0 aromatic rings. The van der Waals surface area contributed by atoms with Crippen molar-refractivity contribution < 1.29 is 19.4 Å². The van der Waals surface area contributed by atoms with Crippen LogP contribution in [0.5, 0.6) is 0 Å². The molecule has 6 nitrogen and oxygen atoms in total. The van der Waals surface area contributed by atoms with Crippen LogP contribution in [0.3, 0.4) is 0 Å². The first-order valence-electron chi connectivity index (χ1n) is 7.97. The Morgan fingerprint density at radius 3 is 2.62 bits per heavy atom. The highest BCUT2D eigenvalue weighted by Gasteiger charge is 2.24. The summed E-state index contributed by atoms with van der Waals surface area (Å²) in [6, 6.07) is 0. The van der Waals surface area contributed by atoms with E-state index < -0.39 is 5.97 Å². The van der Waals surface area contributed by atoms with Gasteiger partial charge in [0.1, 0.15) is 6.61 Å². The fourth-order valence-corrected chi connectivity index (χ4v) is 3.12. The molecule has 6 heteroatoms. The Bertz CT molecular complexity index is 348. The number of piperidine rings is 2. The summed E-state index contributed by atoms with van der Waals surface area (Å²) in [5.41, 5.74) is 0. The van der Waals surface area contributed by atoms with Gasteiger partial charge in [-0.2, -0.15) is 0 Å². The van der Waals surface area contributed by atoms with Gasteiger partial charge in [-0.3, -0.25) is 4.79 Å². The van der Waals surface area contributed by atoms with Crippen LogP contribution in [0.1, 0.15) is 38.5 Å². The van der Waals surface area contributed by atoms with Crippen LogP contribution >= 0.6 is 0 Å². The van der Waals surface area contributed by atoms with Crippen molar-refractivity contribution >= 4 is 11.9 Å². The minimum absolute atomic E-state index is 0.0207. The number of carbonyl (C=O) groups excluding carboxylic acids is 1. The second-order valence-corrected chi connectivity index (χ2v) is 6.04. The summed E-state index contributed by atoms with van der Waals surface area (Å²) in [4.78, 5) is 24.5. The number of nitrogens with zero attached hydrogens (tertiary/aromatic N) is 1. The van der Waals surface area contributed by atoms with Gasteiger partial charge in [0, 0.05) is 19.5 Å². The van der Waals surface area contributed by atoms with E-state index in [1.54, 1.807) is 0 Å². The molecule has 0 bridgehead atoms. The maximum atomic E-state index is 12.2. The molecular weight excluding hydrogens is 272 g/mol. The summed E-state index contributed by atoms with van der Waals surface area (Å²) in [6.45, 7) is 3.28. The summed E-state index contributed by atoms with van der Waals surface area (Å²) in [5.74, 6) is -0.0639. The zero-order valence-electron chi connectivity index (χ0n) is 12.6. The Balaban J connectivity index is 1.62. The van der Waals surface area contributed by atoms with Crippen molar-refractivity contribution in [2.24, 2.45) is 5.92 Å². The Morgan fingerprint density at radius 1 is 1.24 bits per heavy atom. The van der Waals surface area contributed by atoms with E-state index in [-0.39, 0.29) is 18.6 Å². The van der Waals surface area contributed by atoms with Crippen molar-refractivity contribution in [3.63, 3.8) is 0 Å². The van der Waals surface area contributed by atoms with Crippen molar-refractivity contribution in [2.45, 2.75) is 44.6 Å². The van der Waals surface area contributed by atoms with Crippen LogP contribution < -0.4 is 5.32 Å². The molecule has 1 atom stereocenters. The molecule has 0 aromatic carbocycles. The summed E-state index contributed by atoms with van der Waals surface area (Å²) in [5, 5.41) is 12.0. The second kappa shape index (κ2) is 8.34. The first-order valence-corrected chi connectivity index (χ1v) is 7.97. The molecule has 2 N–H and O–H groups in total. The Hall–Kier alpha value is -1.14. The number of ether oxygens (including phenoxy) is 1. The third-order valence-electron chi connectivity index (χ3n) is 4.40. The SMILES string of the molecule is O=C(O)COC1CCN(C(=O)CCC2CCCNC2)CC1. The fraction of sp³-hybridized carbons (Fsp3) is 0.867. The number of carboxylic acid groups (broad SMARTS) is 1. The molecule has 2 saturated heterocycles. The lowest BCUT2D eigenvalue weighted by molar-refractivity contribution is -0.146. The number of hydrogen-bond donors (Lipinski definition) is 2. The van der Waals surface area contributed by atoms with Gasteiger partial charge in [0.05, 0.1) is 6.10 Å². The highest BCUT2D eigenvalue weighted by molar-refractivity contribution is 5.76. The minimum Gasteiger partial charge on any atom is -0.480 e. The number of aliphatic carboxylic acids is 1. The third-order valence-corrected chi connectivity index (χ3v) is 4.40. The van der Waals surface area contributed by atoms with E-state index in [9.17, 15) is 9.59 Å². The molecule has 0 spiro atoms. The number of carboxylic acids is 1. The van der Waals surface area contributed by atoms with Crippen molar-refractivity contribution in [2.75, 3.05) is 32.8 Å². The highest BCUT2D eigenvalue weighted by atomic mass is 16.5. The second-order valence-electron chi connectivity index (χ2n) is 6.04. The number of amides is 1. The Morgan fingerprint density at radius 2 is 2.00 bits per heavy atom. The minimum atomic E-state index is -0.936. The lowest BCUT2D eigenvalue weighted by Gasteiger charge is -2.32. The molecular formula is C15H26N2O4. The van der Waals surface area contributed by atoms with E-state index in [0.717, 1.165) is 32.4 Å². The van der Waals surface area contributed by atoms with Crippen LogP contribution in [0.25, 0.3) is 0 Å². The molecule has 1 amide bonds. The lowest BCUT2D eigenvalue weighted by Crippen LogP contribution is -2.41. The maximum Gasteiger partial charge on any atom is 0.329 e. The monoisotopic (exact) mass is 298 g/mol. The molecule has 120 valence electrons. The summed E-state index contributed by atoms with van der Waals surface area (Å²) in [6.07, 6.45) is 5.51. The molecule has 21 heavy (non-hydrogen) atoms. The molecule has 1 unspecified atom stereocenters. The average Bonchev–Trinajstić information content (AvgIpc) is 2.52. The molecule has 2 aliphatic rings. The van der Waals surface area contributed by atoms with Crippen molar-refractivity contribution in [3.8, 4) is 0 Å². The van der Waals surface area contributed by atoms with Crippen LogP contribution in [0.2, 0.25) is 0 Å². The molecule has 2 heterocycles. The Kier molecular flexibility index (Phi) is 6.45. The van der Waals surface area contributed by atoms with Gasteiger partial charge in [-0.1, -0.05) is 0 Å². The predicted octanol–water partition coefficient (Wildman–Crippen LogP) is 0.858. The summed E-state index contributed by atoms with van der Waals surface area (Å²) >= 11 is 0. The Labute approximate surface area is 125 Å². The van der Waals surface area contributed by atoms with Gasteiger partial charge in [0.15, 0.2) is 0 Å². The predicted molar refractivity (Wildman–Crippen MR) is 78.0 cm³/mol. The first kappa shape index (κ1) is 16.2. The van der Waals surface area contributed by atoms with Gasteiger partial charge in [-0.05, 0) is 51.1 Å². The number of likely N-dealkylation sites (tertiary alicyclic amines) is 1. The largest absolute Gasteiger partial charge is 0.480 e. The van der Waals surface area contributed by atoms with E-state index in [0.29, 0.717) is 25.4 Å². The molecule has 0 saturated carbocycles. The van der Waals surface area contributed by atoms with E-state index in [1.165, 1.54) is 12.8 Å². The van der Waals surface area contributed by atoms with Crippen LogP contribution in [0.15, 0.2) is 0 Å². The molecule has 0 aliphatic carbocycles. The third kappa shape index (κ3) is 5.63. The molecule has 2 rings (SSSR count). The van der Waals surface area contributed by atoms with E-state index >= 15 is 0 Å². The van der Waals surface area contributed by atoms with Gasteiger partial charge in [-0.25, -0.2) is 4.79 Å². The molecule has 0 aromatic heterocycles. The average molecular weight is 298 g/mol. The van der Waals surface area contributed by atoms with Gasteiger partial charge in [0.25, 0.3) is 0 Å². The number of nitrogens with one attached hydrogen (secondary N) is 1. The fourth-order valence-electron chi connectivity index (χ4n) is 3.12. The van der Waals surface area contributed by atoms with Crippen molar-refractivity contribution in [1.29, 1.82) is 0 Å². The normalized spacial score (nSPS) is 24.0. The van der Waals surface area contributed by atoms with Crippen molar-refractivity contribution in [1.82, 2.24) is 10.2 Å².